The summed E-state index contributed by atoms with van der Waals surface area (Å²) < 4.78 is 9.56. The molecule has 0 bridgehead atoms. The highest BCUT2D eigenvalue weighted by Crippen LogP contribution is 2.29. The maximum Gasteiger partial charge on any atom is 0.337 e. The number of amidine groups is 1. The number of rotatable bonds is 6. The van der Waals surface area contributed by atoms with Crippen LogP contribution in [0.2, 0.25) is 0 Å². The molecule has 2 heterocycles. The molecule has 0 aliphatic carbocycles. The van der Waals surface area contributed by atoms with Crippen molar-refractivity contribution in [2.75, 3.05) is 13.7 Å². The van der Waals surface area contributed by atoms with E-state index in [0.29, 0.717) is 33.1 Å². The average Bonchev–Trinajstić information content (AvgIpc) is 3.28. The lowest BCUT2D eigenvalue weighted by Crippen LogP contribution is -2.19. The minimum Gasteiger partial charge on any atom is -0.466 e. The topological polar surface area (TPSA) is 107 Å². The number of benzene rings is 1. The summed E-state index contributed by atoms with van der Waals surface area (Å²) in [7, 11) is 1.32. The zero-order chi connectivity index (χ0) is 20.8. The van der Waals surface area contributed by atoms with Crippen molar-refractivity contribution in [3.63, 3.8) is 0 Å². The molecule has 1 aromatic heterocycles. The molecule has 1 fully saturated rings. The van der Waals surface area contributed by atoms with Crippen molar-refractivity contribution < 1.29 is 23.9 Å². The molecule has 0 spiro atoms. The van der Waals surface area contributed by atoms with E-state index in [1.807, 2.05) is 0 Å². The smallest absolute Gasteiger partial charge is 0.337 e. The SMILES string of the molecule is CCOC(=O)Cc1csc(/N=C2\NC(=O)/C(=C/c3ccc(C(=O)OC)cc3)S2)n1. The number of thioether (sulfide) groups is 1. The molecule has 1 aromatic carbocycles. The Hall–Kier alpha value is -2.98. The summed E-state index contributed by atoms with van der Waals surface area (Å²) in [6.07, 6.45) is 1.79. The average molecular weight is 431 g/mol. The van der Waals surface area contributed by atoms with Crippen LogP contribution in [0.15, 0.2) is 39.5 Å². The normalized spacial score (nSPS) is 16.1. The number of amides is 1. The van der Waals surface area contributed by atoms with Crippen LogP contribution < -0.4 is 5.32 Å². The predicted molar refractivity (Wildman–Crippen MR) is 111 cm³/mol. The number of carbonyl (C=O) groups excluding carboxylic acids is 3. The molecule has 1 aliphatic rings. The van der Waals surface area contributed by atoms with E-state index in [-0.39, 0.29) is 18.3 Å². The molecule has 1 aliphatic heterocycles. The van der Waals surface area contributed by atoms with Crippen molar-refractivity contribution in [3.8, 4) is 0 Å². The van der Waals surface area contributed by atoms with E-state index in [4.69, 9.17) is 4.74 Å². The molecule has 150 valence electrons. The van der Waals surface area contributed by atoms with Crippen LogP contribution in [0.5, 0.6) is 0 Å². The predicted octanol–water partition coefficient (Wildman–Crippen LogP) is 2.93. The van der Waals surface area contributed by atoms with E-state index >= 15 is 0 Å². The van der Waals surface area contributed by atoms with Gasteiger partial charge in [-0.15, -0.1) is 11.3 Å². The van der Waals surface area contributed by atoms with Gasteiger partial charge in [0.15, 0.2) is 5.17 Å². The van der Waals surface area contributed by atoms with Gasteiger partial charge in [-0.2, -0.15) is 4.99 Å². The van der Waals surface area contributed by atoms with Crippen LogP contribution in [0, 0.1) is 0 Å². The molecule has 0 saturated carbocycles. The Morgan fingerprint density at radius 2 is 2.03 bits per heavy atom. The van der Waals surface area contributed by atoms with Crippen LogP contribution in [-0.4, -0.2) is 41.7 Å². The molecule has 0 radical (unpaired) electrons. The Morgan fingerprint density at radius 3 is 2.72 bits per heavy atom. The minimum absolute atomic E-state index is 0.0847. The molecule has 1 N–H and O–H groups in total. The highest BCUT2D eigenvalue weighted by molar-refractivity contribution is 8.18. The molecule has 10 heteroatoms. The molecule has 1 saturated heterocycles. The van der Waals surface area contributed by atoms with Crippen molar-refractivity contribution >= 4 is 57.3 Å². The Labute approximate surface area is 175 Å². The summed E-state index contributed by atoms with van der Waals surface area (Å²) in [6, 6.07) is 6.71. The Morgan fingerprint density at radius 1 is 1.28 bits per heavy atom. The van der Waals surface area contributed by atoms with Gasteiger partial charge in [0.1, 0.15) is 0 Å². The number of nitrogens with zero attached hydrogens (tertiary/aromatic N) is 2. The Bertz CT molecular complexity index is 996. The number of hydrogen-bond acceptors (Lipinski definition) is 9. The van der Waals surface area contributed by atoms with Crippen molar-refractivity contribution in [1.29, 1.82) is 0 Å². The fourth-order valence-electron chi connectivity index (χ4n) is 2.34. The number of methoxy groups -OCH3 is 1. The van der Waals surface area contributed by atoms with Crippen molar-refractivity contribution in [2.45, 2.75) is 13.3 Å². The van der Waals surface area contributed by atoms with Crippen LogP contribution in [0.4, 0.5) is 5.13 Å². The van der Waals surface area contributed by atoms with Crippen molar-refractivity contribution in [1.82, 2.24) is 10.3 Å². The summed E-state index contributed by atoms with van der Waals surface area (Å²) in [4.78, 5) is 44.2. The first-order valence-electron chi connectivity index (χ1n) is 8.56. The first-order chi connectivity index (χ1) is 14.0. The Kier molecular flexibility index (Phi) is 6.78. The Balaban J connectivity index is 1.68. The number of ether oxygens (including phenoxy) is 2. The summed E-state index contributed by atoms with van der Waals surface area (Å²) in [5.74, 6) is -1.03. The van der Waals surface area contributed by atoms with Crippen LogP contribution in [-0.2, 0) is 25.5 Å². The number of carbonyl (C=O) groups is 3. The van der Waals surface area contributed by atoms with Crippen molar-refractivity contribution in [3.05, 3.63) is 51.4 Å². The summed E-state index contributed by atoms with van der Waals surface area (Å²) in [5, 5.41) is 5.27. The standard InChI is InChI=1S/C19H17N3O5S2/c1-3-27-15(23)9-13-10-28-18(20-13)22-19-21-16(24)14(29-19)8-11-4-6-12(7-5-11)17(25)26-2/h4-8,10H,3,9H2,1-2H3,(H,20,21,22,24)/b14-8-. The molecular formula is C19H17N3O5S2. The number of aliphatic imine (C=N–C) groups is 1. The number of thiazole rings is 1. The van der Waals surface area contributed by atoms with E-state index < -0.39 is 5.97 Å². The zero-order valence-corrected chi connectivity index (χ0v) is 17.3. The zero-order valence-electron chi connectivity index (χ0n) is 15.6. The molecule has 3 rings (SSSR count). The maximum absolute atomic E-state index is 12.2. The second-order valence-electron chi connectivity index (χ2n) is 5.70. The molecule has 2 aromatic rings. The van der Waals surface area contributed by atoms with E-state index in [0.717, 1.165) is 5.56 Å². The number of aromatic nitrogens is 1. The molecule has 0 unspecified atom stereocenters. The van der Waals surface area contributed by atoms with Gasteiger partial charge in [-0.25, -0.2) is 9.78 Å². The second kappa shape index (κ2) is 9.48. The largest absolute Gasteiger partial charge is 0.466 e. The van der Waals surface area contributed by atoms with Gasteiger partial charge < -0.3 is 14.8 Å². The lowest BCUT2D eigenvalue weighted by Gasteiger charge is -1.99. The lowest BCUT2D eigenvalue weighted by molar-refractivity contribution is -0.142. The fourth-order valence-corrected chi connectivity index (χ4v) is 3.91. The summed E-state index contributed by atoms with van der Waals surface area (Å²) in [6.45, 7) is 2.07. The van der Waals surface area contributed by atoms with E-state index in [9.17, 15) is 14.4 Å². The molecule has 8 nitrogen and oxygen atoms in total. The van der Waals surface area contributed by atoms with Crippen LogP contribution >= 0.6 is 23.1 Å². The van der Waals surface area contributed by atoms with Gasteiger partial charge in [0.05, 0.1) is 36.3 Å². The highest BCUT2D eigenvalue weighted by atomic mass is 32.2. The highest BCUT2D eigenvalue weighted by Gasteiger charge is 2.24. The number of nitrogens with one attached hydrogen (secondary N) is 1. The fraction of sp³-hybridized carbons (Fsp3) is 0.211. The van der Waals surface area contributed by atoms with Crippen LogP contribution in [0.25, 0.3) is 6.08 Å². The quantitative estimate of drug-likeness (QED) is 0.553. The third kappa shape index (κ3) is 5.52. The maximum atomic E-state index is 12.2. The monoisotopic (exact) mass is 431 g/mol. The van der Waals surface area contributed by atoms with Crippen LogP contribution in [0.3, 0.4) is 0 Å². The van der Waals surface area contributed by atoms with E-state index in [2.05, 4.69) is 20.0 Å². The van der Waals surface area contributed by atoms with E-state index in [1.165, 1.54) is 30.2 Å². The minimum atomic E-state index is -0.419. The lowest BCUT2D eigenvalue weighted by atomic mass is 10.1. The summed E-state index contributed by atoms with van der Waals surface area (Å²) >= 11 is 2.46. The third-order valence-corrected chi connectivity index (χ3v) is 5.34. The molecule has 29 heavy (non-hydrogen) atoms. The number of hydrogen-bond donors (Lipinski definition) is 1. The first-order valence-corrected chi connectivity index (χ1v) is 10.3. The first kappa shape index (κ1) is 20.7. The third-order valence-electron chi connectivity index (χ3n) is 3.65. The van der Waals surface area contributed by atoms with Crippen molar-refractivity contribution in [2.24, 2.45) is 4.99 Å². The number of esters is 2. The van der Waals surface area contributed by atoms with Gasteiger partial charge in [0.2, 0.25) is 5.13 Å². The summed E-state index contributed by atoms with van der Waals surface area (Å²) in [5.41, 5.74) is 1.77. The molecule has 0 atom stereocenters. The van der Waals surface area contributed by atoms with Gasteiger partial charge in [-0.1, -0.05) is 12.1 Å². The van der Waals surface area contributed by atoms with Gasteiger partial charge in [0.25, 0.3) is 5.91 Å². The second-order valence-corrected chi connectivity index (χ2v) is 7.57. The molecule has 1 amide bonds. The van der Waals surface area contributed by atoms with Crippen LogP contribution in [0.1, 0.15) is 28.5 Å². The van der Waals surface area contributed by atoms with Gasteiger partial charge in [0, 0.05) is 5.38 Å². The van der Waals surface area contributed by atoms with Gasteiger partial charge in [-0.05, 0) is 42.5 Å². The van der Waals surface area contributed by atoms with Gasteiger partial charge in [-0.3, -0.25) is 9.59 Å². The van der Waals surface area contributed by atoms with Gasteiger partial charge >= 0.3 is 11.9 Å². The van der Waals surface area contributed by atoms with E-state index in [1.54, 1.807) is 42.6 Å². The molecular weight excluding hydrogens is 414 g/mol.